The molecule has 0 saturated carbocycles. The Labute approximate surface area is 84.5 Å². The summed E-state index contributed by atoms with van der Waals surface area (Å²) in [7, 11) is 0. The molecule has 0 fully saturated rings. The largest absolute Gasteiger partial charge is 0.377 e. The van der Waals surface area contributed by atoms with Gasteiger partial charge >= 0.3 is 0 Å². The second kappa shape index (κ2) is 5.67. The molecule has 14 heavy (non-hydrogen) atoms. The van der Waals surface area contributed by atoms with Gasteiger partial charge in [0.25, 0.3) is 0 Å². The monoisotopic (exact) mass is 195 g/mol. The Balaban J connectivity index is 2.67. The first-order valence-electron chi connectivity index (χ1n) is 4.91. The minimum atomic E-state index is -0.138. The van der Waals surface area contributed by atoms with Crippen LogP contribution in [0.25, 0.3) is 0 Å². The van der Waals surface area contributed by atoms with Crippen molar-refractivity contribution in [1.29, 1.82) is 0 Å². The molecule has 0 spiro atoms. The molecule has 0 saturated heterocycles. The molecule has 2 atom stereocenters. The molecule has 0 aliphatic rings. The summed E-state index contributed by atoms with van der Waals surface area (Å²) in [6.07, 6.45) is 5.91. The van der Waals surface area contributed by atoms with Crippen molar-refractivity contribution >= 4 is 0 Å². The topological polar surface area (TPSA) is 61.0 Å². The lowest BCUT2D eigenvalue weighted by Gasteiger charge is -2.22. The predicted octanol–water partition coefficient (Wildman–Crippen LogP) is 1.29. The fourth-order valence-corrected chi connectivity index (χ4v) is 1.39. The van der Waals surface area contributed by atoms with Gasteiger partial charge in [0.2, 0.25) is 0 Å². The van der Waals surface area contributed by atoms with E-state index < -0.39 is 0 Å². The molecule has 4 heteroatoms. The summed E-state index contributed by atoms with van der Waals surface area (Å²) in [6, 6.07) is -0.138. The van der Waals surface area contributed by atoms with Crippen molar-refractivity contribution < 1.29 is 4.74 Å². The van der Waals surface area contributed by atoms with E-state index in [1.807, 2.05) is 6.92 Å². The van der Waals surface area contributed by atoms with Gasteiger partial charge < -0.3 is 10.5 Å². The van der Waals surface area contributed by atoms with Gasteiger partial charge in [0.1, 0.15) is 6.33 Å². The Bertz CT molecular complexity index is 253. The van der Waals surface area contributed by atoms with E-state index in [9.17, 15) is 0 Å². The number of nitrogens with two attached hydrogens (primary N) is 1. The van der Waals surface area contributed by atoms with Crippen molar-refractivity contribution in [2.45, 2.75) is 32.4 Å². The minimum absolute atomic E-state index is 0.0472. The number of nitrogens with zero attached hydrogens (tertiary/aromatic N) is 2. The van der Waals surface area contributed by atoms with Gasteiger partial charge in [0, 0.05) is 24.6 Å². The quantitative estimate of drug-likeness (QED) is 0.769. The highest BCUT2D eigenvalue weighted by Gasteiger charge is 2.17. The highest BCUT2D eigenvalue weighted by Crippen LogP contribution is 2.17. The molecule has 0 aromatic carbocycles. The number of aromatic nitrogens is 2. The van der Waals surface area contributed by atoms with Crippen LogP contribution in [0.5, 0.6) is 0 Å². The summed E-state index contributed by atoms with van der Waals surface area (Å²) in [5.41, 5.74) is 6.95. The van der Waals surface area contributed by atoms with E-state index in [0.29, 0.717) is 6.61 Å². The molecule has 2 N–H and O–H groups in total. The van der Waals surface area contributed by atoms with Crippen LogP contribution in [0.1, 0.15) is 31.9 Å². The zero-order chi connectivity index (χ0) is 10.4. The molecule has 0 bridgehead atoms. The lowest BCUT2D eigenvalue weighted by molar-refractivity contribution is 0.0412. The average molecular weight is 195 g/mol. The first-order valence-corrected chi connectivity index (χ1v) is 4.91. The van der Waals surface area contributed by atoms with Gasteiger partial charge in [-0.3, -0.25) is 0 Å². The summed E-state index contributed by atoms with van der Waals surface area (Å²) in [4.78, 5) is 7.87. The maximum atomic E-state index is 6.03. The maximum absolute atomic E-state index is 6.03. The summed E-state index contributed by atoms with van der Waals surface area (Å²) in [5.74, 6) is 0. The first kappa shape index (κ1) is 11.1. The standard InChI is InChI=1S/C10H17N3O/c1-3-9(14-4-2)10(11)8-5-12-7-13-6-8/h5-7,9-10H,3-4,11H2,1-2H3. The van der Waals surface area contributed by atoms with E-state index in [1.165, 1.54) is 6.33 Å². The second-order valence-electron chi connectivity index (χ2n) is 3.10. The third-order valence-corrected chi connectivity index (χ3v) is 2.15. The summed E-state index contributed by atoms with van der Waals surface area (Å²) in [5, 5.41) is 0. The van der Waals surface area contributed by atoms with Crippen LogP contribution >= 0.6 is 0 Å². The van der Waals surface area contributed by atoms with Crippen LogP contribution < -0.4 is 5.73 Å². The van der Waals surface area contributed by atoms with Gasteiger partial charge in [-0.1, -0.05) is 6.92 Å². The Kier molecular flexibility index (Phi) is 4.49. The van der Waals surface area contributed by atoms with Crippen LogP contribution in [0, 0.1) is 0 Å². The summed E-state index contributed by atoms with van der Waals surface area (Å²) >= 11 is 0. The Morgan fingerprint density at radius 2 is 2.00 bits per heavy atom. The molecule has 4 nitrogen and oxygen atoms in total. The molecule has 1 aromatic heterocycles. The van der Waals surface area contributed by atoms with E-state index in [1.54, 1.807) is 12.4 Å². The first-order chi connectivity index (χ1) is 6.79. The van der Waals surface area contributed by atoms with Gasteiger partial charge in [0.05, 0.1) is 12.1 Å². The van der Waals surface area contributed by atoms with Crippen molar-refractivity contribution in [3.63, 3.8) is 0 Å². The zero-order valence-corrected chi connectivity index (χ0v) is 8.68. The van der Waals surface area contributed by atoms with Crippen LogP contribution in [-0.4, -0.2) is 22.7 Å². The van der Waals surface area contributed by atoms with Crippen molar-refractivity contribution in [1.82, 2.24) is 9.97 Å². The van der Waals surface area contributed by atoms with Gasteiger partial charge in [-0.25, -0.2) is 9.97 Å². The van der Waals surface area contributed by atoms with E-state index in [-0.39, 0.29) is 12.1 Å². The van der Waals surface area contributed by atoms with Gasteiger partial charge in [-0.05, 0) is 13.3 Å². The fourth-order valence-electron chi connectivity index (χ4n) is 1.39. The number of ether oxygens (including phenoxy) is 1. The second-order valence-corrected chi connectivity index (χ2v) is 3.10. The third-order valence-electron chi connectivity index (χ3n) is 2.15. The molecular weight excluding hydrogens is 178 g/mol. The summed E-state index contributed by atoms with van der Waals surface area (Å²) < 4.78 is 5.53. The summed E-state index contributed by atoms with van der Waals surface area (Å²) in [6.45, 7) is 4.71. The van der Waals surface area contributed by atoms with Gasteiger partial charge in [-0.2, -0.15) is 0 Å². The normalized spacial score (nSPS) is 15.1. The van der Waals surface area contributed by atoms with Crippen molar-refractivity contribution in [3.05, 3.63) is 24.3 Å². The highest BCUT2D eigenvalue weighted by molar-refractivity contribution is 5.10. The zero-order valence-electron chi connectivity index (χ0n) is 8.68. The molecule has 0 amide bonds. The minimum Gasteiger partial charge on any atom is -0.377 e. The van der Waals surface area contributed by atoms with Crippen LogP contribution in [0.3, 0.4) is 0 Å². The fraction of sp³-hybridized carbons (Fsp3) is 0.600. The molecule has 1 aromatic rings. The van der Waals surface area contributed by atoms with E-state index in [0.717, 1.165) is 12.0 Å². The maximum Gasteiger partial charge on any atom is 0.115 e. The molecule has 1 heterocycles. The molecule has 0 aliphatic carbocycles. The molecular formula is C10H17N3O. The van der Waals surface area contributed by atoms with E-state index in [2.05, 4.69) is 16.9 Å². The van der Waals surface area contributed by atoms with Crippen LogP contribution in [0.2, 0.25) is 0 Å². The van der Waals surface area contributed by atoms with Crippen LogP contribution in [0.15, 0.2) is 18.7 Å². The highest BCUT2D eigenvalue weighted by atomic mass is 16.5. The average Bonchev–Trinajstić information content (AvgIpc) is 2.26. The van der Waals surface area contributed by atoms with Crippen LogP contribution in [0.4, 0.5) is 0 Å². The SMILES string of the molecule is CCOC(CC)C(N)c1cncnc1. The predicted molar refractivity (Wildman–Crippen MR) is 54.7 cm³/mol. The third kappa shape index (κ3) is 2.75. The molecule has 2 unspecified atom stereocenters. The van der Waals surface area contributed by atoms with Crippen molar-refractivity contribution in [3.8, 4) is 0 Å². The Morgan fingerprint density at radius 1 is 1.36 bits per heavy atom. The number of rotatable bonds is 5. The van der Waals surface area contributed by atoms with E-state index >= 15 is 0 Å². The molecule has 78 valence electrons. The number of hydrogen-bond acceptors (Lipinski definition) is 4. The van der Waals surface area contributed by atoms with Crippen molar-refractivity contribution in [2.75, 3.05) is 6.61 Å². The Morgan fingerprint density at radius 3 is 2.50 bits per heavy atom. The van der Waals surface area contributed by atoms with Gasteiger partial charge in [-0.15, -0.1) is 0 Å². The van der Waals surface area contributed by atoms with E-state index in [4.69, 9.17) is 10.5 Å². The lowest BCUT2D eigenvalue weighted by atomic mass is 10.0. The molecule has 0 aliphatic heterocycles. The smallest absolute Gasteiger partial charge is 0.115 e. The van der Waals surface area contributed by atoms with Crippen LogP contribution in [-0.2, 0) is 4.74 Å². The number of hydrogen-bond donors (Lipinski definition) is 1. The molecule has 0 radical (unpaired) electrons. The van der Waals surface area contributed by atoms with Crippen molar-refractivity contribution in [2.24, 2.45) is 5.73 Å². The Hall–Kier alpha value is -1.00. The lowest BCUT2D eigenvalue weighted by Crippen LogP contribution is -2.28. The van der Waals surface area contributed by atoms with Gasteiger partial charge in [0.15, 0.2) is 0 Å². The molecule has 1 rings (SSSR count).